The number of halogens is 1. The number of carbonyl (C=O) groups is 1. The van der Waals surface area contributed by atoms with Gasteiger partial charge in [0.05, 0.1) is 23.5 Å². The van der Waals surface area contributed by atoms with Gasteiger partial charge in [-0.25, -0.2) is 14.2 Å². The van der Waals surface area contributed by atoms with Crippen LogP contribution in [0.1, 0.15) is 5.56 Å². The van der Waals surface area contributed by atoms with Gasteiger partial charge < -0.3 is 23.8 Å². The van der Waals surface area contributed by atoms with E-state index in [0.717, 1.165) is 5.82 Å². The van der Waals surface area contributed by atoms with E-state index >= 15 is 4.39 Å². The van der Waals surface area contributed by atoms with Gasteiger partial charge in [0.25, 0.3) is 5.88 Å². The first-order valence-electron chi connectivity index (χ1n) is 10.8. The second kappa shape index (κ2) is 9.27. The molecule has 4 heterocycles. The Balaban J connectivity index is 1.19. The first-order valence-corrected chi connectivity index (χ1v) is 10.8. The van der Waals surface area contributed by atoms with E-state index < -0.39 is 18.0 Å². The number of carbonyl (C=O) groups excluding carboxylic acids is 1. The fourth-order valence-corrected chi connectivity index (χ4v) is 4.01. The van der Waals surface area contributed by atoms with Gasteiger partial charge in [0.2, 0.25) is 0 Å². The summed E-state index contributed by atoms with van der Waals surface area (Å²) in [4.78, 5) is 22.1. The summed E-state index contributed by atoms with van der Waals surface area (Å²) in [5, 5.41) is 12.6. The molecule has 2 aromatic heterocycles. The first kappa shape index (κ1) is 21.5. The number of benzene rings is 1. The van der Waals surface area contributed by atoms with E-state index in [1.165, 1.54) is 17.2 Å². The van der Waals surface area contributed by atoms with Crippen LogP contribution in [0.4, 0.5) is 26.4 Å². The molecule has 10 nitrogen and oxygen atoms in total. The van der Waals surface area contributed by atoms with Crippen molar-refractivity contribution in [2.75, 3.05) is 54.0 Å². The van der Waals surface area contributed by atoms with Crippen molar-refractivity contribution in [3.05, 3.63) is 60.2 Å². The lowest BCUT2D eigenvalue weighted by Crippen LogP contribution is -2.47. The summed E-state index contributed by atoms with van der Waals surface area (Å²) < 4.78 is 30.5. The molecule has 11 heteroatoms. The Morgan fingerprint density at radius 2 is 1.97 bits per heavy atom. The van der Waals surface area contributed by atoms with Crippen molar-refractivity contribution in [1.29, 1.82) is 5.26 Å². The van der Waals surface area contributed by atoms with Crippen molar-refractivity contribution >= 4 is 23.3 Å². The fourth-order valence-electron chi connectivity index (χ4n) is 4.01. The van der Waals surface area contributed by atoms with Crippen molar-refractivity contribution in [1.82, 2.24) is 10.1 Å². The summed E-state index contributed by atoms with van der Waals surface area (Å²) in [5.41, 5.74) is 1.42. The minimum absolute atomic E-state index is 0.119. The fraction of sp³-hybridized carbons (Fsp3) is 0.304. The highest BCUT2D eigenvalue weighted by Crippen LogP contribution is 2.29. The Hall–Kier alpha value is -4.33. The second-order valence-corrected chi connectivity index (χ2v) is 7.89. The molecule has 0 saturated carbocycles. The van der Waals surface area contributed by atoms with Crippen LogP contribution in [0.2, 0.25) is 0 Å². The molecule has 1 atom stereocenters. The second-order valence-electron chi connectivity index (χ2n) is 7.89. The number of ether oxygens (including phenoxy) is 2. The van der Waals surface area contributed by atoms with E-state index in [4.69, 9.17) is 19.3 Å². The number of hydrogen-bond acceptors (Lipinski definition) is 9. The summed E-state index contributed by atoms with van der Waals surface area (Å²) in [6, 6.07) is 11.9. The number of rotatable bonds is 6. The predicted octanol–water partition coefficient (Wildman–Crippen LogP) is 2.81. The van der Waals surface area contributed by atoms with Crippen molar-refractivity contribution < 1.29 is 23.2 Å². The van der Waals surface area contributed by atoms with Crippen LogP contribution in [0.3, 0.4) is 0 Å². The Bertz CT molecular complexity index is 1190. The van der Waals surface area contributed by atoms with Crippen LogP contribution in [0.5, 0.6) is 5.88 Å². The molecule has 1 amide bonds. The average Bonchev–Trinajstić information content (AvgIpc) is 3.52. The average molecular weight is 464 g/mol. The van der Waals surface area contributed by atoms with E-state index in [1.54, 1.807) is 30.5 Å². The van der Waals surface area contributed by atoms with Crippen LogP contribution in [-0.2, 0) is 4.74 Å². The smallest absolute Gasteiger partial charge is 0.414 e. The molecule has 0 aliphatic carbocycles. The highest BCUT2D eigenvalue weighted by Gasteiger charge is 2.33. The molecule has 5 rings (SSSR count). The quantitative estimate of drug-likeness (QED) is 0.544. The number of hydrogen-bond donors (Lipinski definition) is 0. The topological polar surface area (TPSA) is 108 Å². The Morgan fingerprint density at radius 1 is 1.15 bits per heavy atom. The van der Waals surface area contributed by atoms with Crippen LogP contribution in [-0.4, -0.2) is 61.7 Å². The van der Waals surface area contributed by atoms with E-state index in [9.17, 15) is 4.79 Å². The lowest BCUT2D eigenvalue weighted by atomic mass is 10.2. The molecule has 2 saturated heterocycles. The number of nitriles is 1. The van der Waals surface area contributed by atoms with Gasteiger partial charge in [-0.3, -0.25) is 4.90 Å². The molecule has 3 aromatic rings. The number of amides is 1. The van der Waals surface area contributed by atoms with Gasteiger partial charge in [-0.2, -0.15) is 5.26 Å². The Labute approximate surface area is 194 Å². The summed E-state index contributed by atoms with van der Waals surface area (Å²) in [5.74, 6) is 0.696. The maximum atomic E-state index is 15.0. The first-order chi connectivity index (χ1) is 16.6. The van der Waals surface area contributed by atoms with E-state index in [1.807, 2.05) is 11.0 Å². The zero-order valence-corrected chi connectivity index (χ0v) is 18.1. The highest BCUT2D eigenvalue weighted by molar-refractivity contribution is 5.90. The molecule has 1 unspecified atom stereocenters. The minimum Gasteiger partial charge on any atom is -0.471 e. The number of cyclic esters (lactones) is 1. The summed E-state index contributed by atoms with van der Waals surface area (Å²) in [6.45, 7) is 2.94. The minimum atomic E-state index is -0.551. The molecule has 0 spiro atoms. The molecule has 2 fully saturated rings. The summed E-state index contributed by atoms with van der Waals surface area (Å²) in [6.07, 6.45) is 1.88. The zero-order valence-electron chi connectivity index (χ0n) is 18.1. The molecule has 0 N–H and O–H groups in total. The third-order valence-electron chi connectivity index (χ3n) is 5.77. The van der Waals surface area contributed by atoms with Gasteiger partial charge in [-0.15, -0.1) is 0 Å². The number of piperazine rings is 1. The zero-order chi connectivity index (χ0) is 23.5. The van der Waals surface area contributed by atoms with E-state index in [2.05, 4.69) is 21.1 Å². The number of pyridine rings is 1. The molecular formula is C23H21FN6O4. The molecule has 34 heavy (non-hydrogen) atoms. The molecule has 2 aliphatic heterocycles. The molecule has 2 aliphatic rings. The van der Waals surface area contributed by atoms with Crippen molar-refractivity contribution in [2.24, 2.45) is 0 Å². The monoisotopic (exact) mass is 464 g/mol. The van der Waals surface area contributed by atoms with Gasteiger partial charge in [-0.05, 0) is 35.5 Å². The number of nitrogens with zero attached hydrogens (tertiary/aromatic N) is 6. The van der Waals surface area contributed by atoms with E-state index in [0.29, 0.717) is 49.0 Å². The van der Waals surface area contributed by atoms with Crippen molar-refractivity contribution in [3.8, 4) is 11.9 Å². The van der Waals surface area contributed by atoms with Gasteiger partial charge in [0, 0.05) is 38.4 Å². The third-order valence-corrected chi connectivity index (χ3v) is 5.77. The Morgan fingerprint density at radius 3 is 2.65 bits per heavy atom. The summed E-state index contributed by atoms with van der Waals surface area (Å²) in [7, 11) is 0. The van der Waals surface area contributed by atoms with Crippen LogP contribution >= 0.6 is 0 Å². The largest absolute Gasteiger partial charge is 0.471 e. The molecule has 174 valence electrons. The van der Waals surface area contributed by atoms with Gasteiger partial charge in [0.15, 0.2) is 6.10 Å². The SMILES string of the molecule is N#Cc1ccc(N2CCN(c3ccc(N4CC(COc5ccon5)OC4=O)cc3F)CC2)nc1. The predicted molar refractivity (Wildman–Crippen MR) is 119 cm³/mol. The van der Waals surface area contributed by atoms with Crippen LogP contribution < -0.4 is 19.4 Å². The lowest BCUT2D eigenvalue weighted by molar-refractivity contribution is 0.102. The standard InChI is InChI=1S/C23H21FN6O4/c24-19-11-17(30-14-18(34-23(30)31)15-32-22-5-10-33-27-22)2-3-20(19)28-6-8-29(9-7-28)21-4-1-16(12-25)13-26-21/h1-5,10-11,13,18H,6-9,14-15H2. The van der Waals surface area contributed by atoms with Crippen molar-refractivity contribution in [3.63, 3.8) is 0 Å². The Kier molecular flexibility index (Phi) is 5.86. The maximum absolute atomic E-state index is 15.0. The van der Waals surface area contributed by atoms with Crippen LogP contribution in [0.25, 0.3) is 0 Å². The molecule has 1 aromatic carbocycles. The van der Waals surface area contributed by atoms with Crippen molar-refractivity contribution in [2.45, 2.75) is 6.10 Å². The molecular weight excluding hydrogens is 443 g/mol. The molecule has 0 bridgehead atoms. The number of aromatic nitrogens is 2. The van der Waals surface area contributed by atoms with Gasteiger partial charge in [0.1, 0.15) is 30.6 Å². The highest BCUT2D eigenvalue weighted by atomic mass is 19.1. The van der Waals surface area contributed by atoms with Gasteiger partial charge in [-0.1, -0.05) is 0 Å². The van der Waals surface area contributed by atoms with Crippen LogP contribution in [0.15, 0.2) is 53.4 Å². The van der Waals surface area contributed by atoms with Crippen LogP contribution in [0, 0.1) is 17.1 Å². The number of anilines is 3. The third kappa shape index (κ3) is 4.43. The van der Waals surface area contributed by atoms with E-state index in [-0.39, 0.29) is 13.2 Å². The summed E-state index contributed by atoms with van der Waals surface area (Å²) >= 11 is 0. The van der Waals surface area contributed by atoms with Gasteiger partial charge >= 0.3 is 6.09 Å². The maximum Gasteiger partial charge on any atom is 0.414 e. The normalized spacial score (nSPS) is 18.1. The lowest BCUT2D eigenvalue weighted by Gasteiger charge is -2.37. The molecule has 0 radical (unpaired) electrons.